The van der Waals surface area contributed by atoms with Gasteiger partial charge in [-0.05, 0) is 43.3 Å². The molecule has 0 radical (unpaired) electrons. The smallest absolute Gasteiger partial charge is 0.237 e. The van der Waals surface area contributed by atoms with Gasteiger partial charge in [0.05, 0.1) is 18.0 Å². The predicted molar refractivity (Wildman–Crippen MR) is 108 cm³/mol. The molecule has 9 heteroatoms. The van der Waals surface area contributed by atoms with Crippen LogP contribution in [0.4, 0.5) is 5.69 Å². The lowest BCUT2D eigenvalue weighted by Gasteiger charge is -2.13. The largest absolute Gasteiger partial charge is 0.495 e. The number of carbonyl (C=O) groups is 1. The number of benzene rings is 2. The summed E-state index contributed by atoms with van der Waals surface area (Å²) >= 11 is 7.12. The molecule has 3 N–H and O–H groups in total. The summed E-state index contributed by atoms with van der Waals surface area (Å²) in [6.07, 6.45) is 0. The van der Waals surface area contributed by atoms with E-state index in [4.69, 9.17) is 22.2 Å². The maximum atomic E-state index is 12.5. The van der Waals surface area contributed by atoms with E-state index in [1.165, 1.54) is 16.4 Å². The molecular weight excluding hydrogens is 386 g/mol. The molecule has 0 fully saturated rings. The van der Waals surface area contributed by atoms with Crippen molar-refractivity contribution in [1.82, 2.24) is 14.9 Å². The molecule has 1 unspecified atom stereocenters. The minimum absolute atomic E-state index is 0.194. The van der Waals surface area contributed by atoms with Crippen molar-refractivity contribution in [3.63, 3.8) is 0 Å². The second-order valence-corrected chi connectivity index (χ2v) is 7.38. The summed E-state index contributed by atoms with van der Waals surface area (Å²) in [4.78, 5) is 12.5. The predicted octanol–water partition coefficient (Wildman–Crippen LogP) is 3.44. The molecule has 3 rings (SSSR count). The van der Waals surface area contributed by atoms with Gasteiger partial charge in [0.1, 0.15) is 5.75 Å². The standard InChI is InChI=1S/C18H18ClN5O2S/c1-11(17(25)21-14-5-3-4-6-15(14)26-2)27-18-23-22-16(24(18)20)12-7-9-13(19)10-8-12/h3-11H,20H2,1-2H3,(H,21,25). The van der Waals surface area contributed by atoms with Crippen molar-refractivity contribution in [2.45, 2.75) is 17.3 Å². The van der Waals surface area contributed by atoms with Gasteiger partial charge in [0.2, 0.25) is 11.1 Å². The number of nitrogens with zero attached hydrogens (tertiary/aromatic N) is 3. The number of anilines is 1. The fourth-order valence-electron chi connectivity index (χ4n) is 2.35. The zero-order valence-electron chi connectivity index (χ0n) is 14.7. The van der Waals surface area contributed by atoms with E-state index in [9.17, 15) is 4.79 Å². The molecule has 1 aromatic heterocycles. The van der Waals surface area contributed by atoms with Crippen molar-refractivity contribution >= 4 is 35.0 Å². The van der Waals surface area contributed by atoms with Gasteiger partial charge in [-0.1, -0.05) is 35.5 Å². The summed E-state index contributed by atoms with van der Waals surface area (Å²) in [7, 11) is 1.55. The number of para-hydroxylation sites is 2. The summed E-state index contributed by atoms with van der Waals surface area (Å²) in [6.45, 7) is 1.77. The Morgan fingerprint density at radius 1 is 1.22 bits per heavy atom. The summed E-state index contributed by atoms with van der Waals surface area (Å²) in [5.41, 5.74) is 1.39. The van der Waals surface area contributed by atoms with Gasteiger partial charge in [-0.25, -0.2) is 4.68 Å². The van der Waals surface area contributed by atoms with Crippen LogP contribution in [0.3, 0.4) is 0 Å². The third kappa shape index (κ3) is 4.35. The third-order valence-electron chi connectivity index (χ3n) is 3.78. The zero-order valence-corrected chi connectivity index (χ0v) is 16.3. The number of thioether (sulfide) groups is 1. The molecule has 140 valence electrons. The van der Waals surface area contributed by atoms with E-state index in [0.29, 0.717) is 27.4 Å². The molecule has 1 atom stereocenters. The lowest BCUT2D eigenvalue weighted by molar-refractivity contribution is -0.115. The van der Waals surface area contributed by atoms with Gasteiger partial charge in [-0.3, -0.25) is 4.79 Å². The lowest BCUT2D eigenvalue weighted by atomic mass is 10.2. The van der Waals surface area contributed by atoms with Crippen molar-refractivity contribution in [2.75, 3.05) is 18.3 Å². The average molecular weight is 404 g/mol. The number of rotatable bonds is 6. The van der Waals surface area contributed by atoms with E-state index in [1.807, 2.05) is 24.3 Å². The average Bonchev–Trinajstić information content (AvgIpc) is 3.03. The van der Waals surface area contributed by atoms with Crippen LogP contribution in [0.25, 0.3) is 11.4 Å². The Labute approximate surface area is 165 Å². The summed E-state index contributed by atoms with van der Waals surface area (Å²) in [6, 6.07) is 14.3. The van der Waals surface area contributed by atoms with Crippen molar-refractivity contribution in [3.05, 3.63) is 53.6 Å². The number of halogens is 1. The molecule has 3 aromatic rings. The summed E-state index contributed by atoms with van der Waals surface area (Å²) in [5, 5.41) is 11.7. The monoisotopic (exact) mass is 403 g/mol. The second-order valence-electron chi connectivity index (χ2n) is 5.63. The van der Waals surface area contributed by atoms with E-state index in [-0.39, 0.29) is 5.91 Å². The Balaban J connectivity index is 1.71. The maximum absolute atomic E-state index is 12.5. The summed E-state index contributed by atoms with van der Waals surface area (Å²) < 4.78 is 6.61. The molecule has 0 bridgehead atoms. The number of nitrogens with one attached hydrogen (secondary N) is 1. The molecule has 1 heterocycles. The van der Waals surface area contributed by atoms with E-state index in [1.54, 1.807) is 38.3 Å². The van der Waals surface area contributed by atoms with Crippen molar-refractivity contribution < 1.29 is 9.53 Å². The highest BCUT2D eigenvalue weighted by molar-refractivity contribution is 8.00. The number of nitrogen functional groups attached to an aromatic ring is 1. The van der Waals surface area contributed by atoms with Gasteiger partial charge in [-0.2, -0.15) is 0 Å². The maximum Gasteiger partial charge on any atom is 0.237 e. The molecule has 1 amide bonds. The van der Waals surface area contributed by atoms with Crippen LogP contribution in [-0.2, 0) is 4.79 Å². The first-order valence-electron chi connectivity index (χ1n) is 8.06. The molecule has 0 saturated heterocycles. The molecule has 0 spiro atoms. The van der Waals surface area contributed by atoms with E-state index in [0.717, 1.165) is 5.56 Å². The number of ether oxygens (including phenoxy) is 1. The Morgan fingerprint density at radius 2 is 1.93 bits per heavy atom. The molecule has 2 aromatic carbocycles. The topological polar surface area (TPSA) is 95.1 Å². The fourth-order valence-corrected chi connectivity index (χ4v) is 3.24. The first-order chi connectivity index (χ1) is 13.0. The van der Waals surface area contributed by atoms with Crippen LogP contribution >= 0.6 is 23.4 Å². The van der Waals surface area contributed by atoms with Gasteiger partial charge in [-0.15, -0.1) is 10.2 Å². The quantitative estimate of drug-likeness (QED) is 0.483. The van der Waals surface area contributed by atoms with Crippen LogP contribution in [0, 0.1) is 0 Å². The van der Waals surface area contributed by atoms with Crippen LogP contribution in [0.15, 0.2) is 53.7 Å². The van der Waals surface area contributed by atoms with Crippen LogP contribution in [0.5, 0.6) is 5.75 Å². The molecule has 0 aliphatic rings. The number of methoxy groups -OCH3 is 1. The minimum atomic E-state index is -0.445. The minimum Gasteiger partial charge on any atom is -0.495 e. The number of aromatic nitrogens is 3. The molecule has 27 heavy (non-hydrogen) atoms. The highest BCUT2D eigenvalue weighted by Crippen LogP contribution is 2.28. The molecule has 0 aliphatic heterocycles. The Kier molecular flexibility index (Phi) is 5.88. The number of hydrogen-bond donors (Lipinski definition) is 2. The number of carbonyl (C=O) groups excluding carboxylic acids is 1. The SMILES string of the molecule is COc1ccccc1NC(=O)C(C)Sc1nnc(-c2ccc(Cl)cc2)n1N. The highest BCUT2D eigenvalue weighted by Gasteiger charge is 2.20. The first kappa shape index (κ1) is 19.1. The van der Waals surface area contributed by atoms with Crippen molar-refractivity contribution in [3.8, 4) is 17.1 Å². The van der Waals surface area contributed by atoms with Crippen LogP contribution in [0.2, 0.25) is 5.02 Å². The second kappa shape index (κ2) is 8.32. The number of amides is 1. The Morgan fingerprint density at radius 3 is 2.63 bits per heavy atom. The Hall–Kier alpha value is -2.71. The van der Waals surface area contributed by atoms with Gasteiger partial charge in [0.15, 0.2) is 5.82 Å². The number of nitrogens with two attached hydrogens (primary N) is 1. The van der Waals surface area contributed by atoms with Crippen LogP contribution in [0.1, 0.15) is 6.92 Å². The van der Waals surface area contributed by atoms with Gasteiger partial charge < -0.3 is 15.9 Å². The summed E-state index contributed by atoms with van der Waals surface area (Å²) in [5.74, 6) is 7.00. The van der Waals surface area contributed by atoms with E-state index < -0.39 is 5.25 Å². The highest BCUT2D eigenvalue weighted by atomic mass is 35.5. The molecule has 7 nitrogen and oxygen atoms in total. The van der Waals surface area contributed by atoms with Crippen molar-refractivity contribution in [1.29, 1.82) is 0 Å². The lowest BCUT2D eigenvalue weighted by Crippen LogP contribution is -2.24. The molecule has 0 saturated carbocycles. The van der Waals surface area contributed by atoms with Gasteiger partial charge in [0.25, 0.3) is 0 Å². The number of hydrogen-bond acceptors (Lipinski definition) is 6. The van der Waals surface area contributed by atoms with Crippen molar-refractivity contribution in [2.24, 2.45) is 0 Å². The molecular formula is C18H18ClN5O2S. The van der Waals surface area contributed by atoms with Crippen LogP contribution in [-0.4, -0.2) is 33.1 Å². The van der Waals surface area contributed by atoms with Gasteiger partial charge >= 0.3 is 0 Å². The fraction of sp³-hybridized carbons (Fsp3) is 0.167. The normalized spacial score (nSPS) is 11.8. The van der Waals surface area contributed by atoms with Gasteiger partial charge in [0, 0.05) is 10.6 Å². The third-order valence-corrected chi connectivity index (χ3v) is 5.09. The zero-order chi connectivity index (χ0) is 19.4. The molecule has 0 aliphatic carbocycles. The first-order valence-corrected chi connectivity index (χ1v) is 9.32. The van der Waals surface area contributed by atoms with Crippen LogP contribution < -0.4 is 15.9 Å². The van der Waals surface area contributed by atoms with E-state index in [2.05, 4.69) is 15.5 Å². The van der Waals surface area contributed by atoms with E-state index >= 15 is 0 Å². The Bertz CT molecular complexity index is 945.